The highest BCUT2D eigenvalue weighted by Gasteiger charge is 2.20. The molecule has 4 nitrogen and oxygen atoms in total. The van der Waals surface area contributed by atoms with Crippen molar-refractivity contribution in [1.82, 2.24) is 9.13 Å². The van der Waals surface area contributed by atoms with Crippen LogP contribution in [0.3, 0.4) is 0 Å². The van der Waals surface area contributed by atoms with Gasteiger partial charge in [-0.25, -0.2) is 0 Å². The largest absolute Gasteiger partial charge is 0.456 e. The van der Waals surface area contributed by atoms with Gasteiger partial charge in [0.1, 0.15) is 16.7 Å². The Labute approximate surface area is 274 Å². The Morgan fingerprint density at radius 2 is 0.938 bits per heavy atom. The first kappa shape index (κ1) is 25.6. The number of para-hydroxylation sites is 4. The van der Waals surface area contributed by atoms with Crippen LogP contribution in [-0.4, -0.2) is 9.13 Å². The van der Waals surface area contributed by atoms with E-state index in [1.165, 1.54) is 27.2 Å². The number of nitrogens with zero attached hydrogens (tertiary/aromatic N) is 2. The summed E-state index contributed by atoms with van der Waals surface area (Å²) in [6, 6.07) is 55.8. The molecule has 0 unspecified atom stereocenters. The van der Waals surface area contributed by atoms with Crippen LogP contribution in [-0.2, 0) is 0 Å². The molecule has 0 radical (unpaired) electrons. The van der Waals surface area contributed by atoms with Gasteiger partial charge in [-0.05, 0) is 71.8 Å². The molecule has 7 aromatic carbocycles. The minimum absolute atomic E-state index is 0.862. The van der Waals surface area contributed by atoms with Crippen molar-refractivity contribution in [2.75, 3.05) is 0 Å². The Bertz CT molecular complexity index is 3010. The van der Waals surface area contributed by atoms with Gasteiger partial charge >= 0.3 is 0 Å². The fraction of sp³-hybridized carbons (Fsp3) is 0. The molecule has 0 N–H and O–H groups in total. The van der Waals surface area contributed by atoms with E-state index >= 15 is 0 Å². The first-order valence-electron chi connectivity index (χ1n) is 16.3. The van der Waals surface area contributed by atoms with E-state index in [-0.39, 0.29) is 0 Å². The number of rotatable bonds is 3. The predicted molar refractivity (Wildman–Crippen MR) is 198 cm³/mol. The normalized spacial score (nSPS) is 12.2. The Morgan fingerprint density at radius 1 is 0.333 bits per heavy atom. The average molecular weight is 615 g/mol. The molecule has 0 bridgehead atoms. The van der Waals surface area contributed by atoms with Crippen molar-refractivity contribution in [3.05, 3.63) is 158 Å². The highest BCUT2D eigenvalue weighted by molar-refractivity contribution is 6.20. The van der Waals surface area contributed by atoms with Gasteiger partial charge in [-0.1, -0.05) is 91.0 Å². The molecule has 11 rings (SSSR count). The molecule has 224 valence electrons. The smallest absolute Gasteiger partial charge is 0.213 e. The van der Waals surface area contributed by atoms with E-state index in [0.717, 1.165) is 72.0 Å². The lowest BCUT2D eigenvalue weighted by Crippen LogP contribution is -1.93. The molecule has 0 aliphatic carbocycles. The van der Waals surface area contributed by atoms with Crippen molar-refractivity contribution in [2.24, 2.45) is 0 Å². The maximum atomic E-state index is 6.61. The minimum Gasteiger partial charge on any atom is -0.456 e. The van der Waals surface area contributed by atoms with Gasteiger partial charge in [0, 0.05) is 49.8 Å². The van der Waals surface area contributed by atoms with E-state index in [9.17, 15) is 0 Å². The summed E-state index contributed by atoms with van der Waals surface area (Å²) in [5.74, 6) is 0. The number of hydrogen-bond donors (Lipinski definition) is 0. The predicted octanol–water partition coefficient (Wildman–Crippen LogP) is 12.2. The van der Waals surface area contributed by atoms with Gasteiger partial charge in [-0.2, -0.15) is 0 Å². The summed E-state index contributed by atoms with van der Waals surface area (Å²) in [5, 5.41) is 8.16. The number of fused-ring (bicyclic) bond motifs is 11. The molecule has 4 aromatic heterocycles. The lowest BCUT2D eigenvalue weighted by molar-refractivity contribution is 0.645. The van der Waals surface area contributed by atoms with Gasteiger partial charge in [-0.15, -0.1) is 0 Å². The van der Waals surface area contributed by atoms with Gasteiger partial charge in [0.25, 0.3) is 0 Å². The van der Waals surface area contributed by atoms with Crippen LogP contribution in [0.4, 0.5) is 0 Å². The fourth-order valence-corrected chi connectivity index (χ4v) is 7.79. The number of aromatic nitrogens is 2. The molecule has 4 heteroatoms. The van der Waals surface area contributed by atoms with Crippen molar-refractivity contribution < 1.29 is 8.83 Å². The van der Waals surface area contributed by atoms with E-state index in [4.69, 9.17) is 8.83 Å². The molecular formula is C44H26N2O2. The maximum absolute atomic E-state index is 6.61. The quantitative estimate of drug-likeness (QED) is 0.198. The summed E-state index contributed by atoms with van der Waals surface area (Å²) in [5.41, 5.74) is 11.4. The molecule has 48 heavy (non-hydrogen) atoms. The third kappa shape index (κ3) is 3.49. The molecule has 0 aliphatic rings. The maximum Gasteiger partial charge on any atom is 0.213 e. The molecule has 0 spiro atoms. The second kappa shape index (κ2) is 9.50. The lowest BCUT2D eigenvalue weighted by atomic mass is 10.0. The molecule has 0 atom stereocenters. The molecule has 11 aromatic rings. The van der Waals surface area contributed by atoms with Gasteiger partial charge in [0.05, 0.1) is 21.9 Å². The van der Waals surface area contributed by atoms with Crippen LogP contribution in [0, 0.1) is 0 Å². The van der Waals surface area contributed by atoms with E-state index in [1.807, 2.05) is 18.2 Å². The second-order valence-electron chi connectivity index (χ2n) is 12.5. The zero-order chi connectivity index (χ0) is 31.3. The monoisotopic (exact) mass is 614 g/mol. The molecule has 0 fully saturated rings. The second-order valence-corrected chi connectivity index (χ2v) is 12.5. The third-order valence-electron chi connectivity index (χ3n) is 9.93. The Balaban J connectivity index is 1.08. The molecule has 0 aliphatic heterocycles. The zero-order valence-electron chi connectivity index (χ0n) is 25.7. The summed E-state index contributed by atoms with van der Waals surface area (Å²) in [4.78, 5) is 0. The van der Waals surface area contributed by atoms with Crippen LogP contribution in [0.2, 0.25) is 0 Å². The lowest BCUT2D eigenvalue weighted by Gasteiger charge is -2.08. The molecule has 0 saturated heterocycles. The van der Waals surface area contributed by atoms with Crippen molar-refractivity contribution in [1.29, 1.82) is 0 Å². The fourth-order valence-electron chi connectivity index (χ4n) is 7.79. The van der Waals surface area contributed by atoms with Gasteiger partial charge in [0.2, 0.25) is 5.71 Å². The van der Waals surface area contributed by atoms with E-state index in [2.05, 4.69) is 149 Å². The average Bonchev–Trinajstić information content (AvgIpc) is 3.88. The Kier molecular flexibility index (Phi) is 5.08. The van der Waals surface area contributed by atoms with Gasteiger partial charge in [-0.3, -0.25) is 4.57 Å². The third-order valence-corrected chi connectivity index (χ3v) is 9.93. The van der Waals surface area contributed by atoms with Gasteiger partial charge in [0.15, 0.2) is 0 Å². The SMILES string of the molecule is c1ccc(-n2c3cc(-c4ccc5c(c4)oc4cc(-n6c7ccccc7c7ccccc76)ccc45)ccc3c3c4ccccc4oc32)cc1. The molecule has 0 amide bonds. The summed E-state index contributed by atoms with van der Waals surface area (Å²) in [7, 11) is 0. The standard InChI is InChI=1S/C44H26N2O2/c1-2-10-29(11-3-1)46-39-24-27(19-22-35(39)43-36-14-6-9-17-40(36)48-44(43)46)28-18-21-33-34-23-20-30(26-42(34)47-41(33)25-28)45-37-15-7-4-12-31(37)32-13-5-8-16-38(32)45/h1-26H. The first-order valence-corrected chi connectivity index (χ1v) is 16.3. The van der Waals surface area contributed by atoms with Crippen LogP contribution in [0.15, 0.2) is 167 Å². The number of hydrogen-bond acceptors (Lipinski definition) is 2. The first-order chi connectivity index (χ1) is 23.8. The minimum atomic E-state index is 0.862. The van der Waals surface area contributed by atoms with Crippen molar-refractivity contribution in [2.45, 2.75) is 0 Å². The molecule has 0 saturated carbocycles. The van der Waals surface area contributed by atoms with Crippen molar-refractivity contribution >= 4 is 76.7 Å². The zero-order valence-corrected chi connectivity index (χ0v) is 25.7. The molecule has 4 heterocycles. The van der Waals surface area contributed by atoms with E-state index in [1.54, 1.807) is 0 Å². The van der Waals surface area contributed by atoms with Crippen LogP contribution in [0.25, 0.3) is 99.2 Å². The van der Waals surface area contributed by atoms with E-state index in [0.29, 0.717) is 0 Å². The summed E-state index contributed by atoms with van der Waals surface area (Å²) in [6.45, 7) is 0. The van der Waals surface area contributed by atoms with Crippen LogP contribution in [0.1, 0.15) is 0 Å². The Morgan fingerprint density at radius 3 is 1.71 bits per heavy atom. The van der Waals surface area contributed by atoms with E-state index < -0.39 is 0 Å². The molecular weight excluding hydrogens is 588 g/mol. The van der Waals surface area contributed by atoms with Crippen LogP contribution in [0.5, 0.6) is 0 Å². The van der Waals surface area contributed by atoms with Crippen molar-refractivity contribution in [3.8, 4) is 22.5 Å². The van der Waals surface area contributed by atoms with Crippen molar-refractivity contribution in [3.63, 3.8) is 0 Å². The van der Waals surface area contributed by atoms with Crippen LogP contribution >= 0.6 is 0 Å². The summed E-state index contributed by atoms with van der Waals surface area (Å²) in [6.07, 6.45) is 0. The highest BCUT2D eigenvalue weighted by Crippen LogP contribution is 2.41. The topological polar surface area (TPSA) is 36.1 Å². The summed E-state index contributed by atoms with van der Waals surface area (Å²) < 4.78 is 17.7. The number of furan rings is 2. The Hall–Kier alpha value is -6.52. The number of benzene rings is 7. The van der Waals surface area contributed by atoms with Gasteiger partial charge < -0.3 is 13.4 Å². The van der Waals surface area contributed by atoms with Crippen LogP contribution < -0.4 is 0 Å². The summed E-state index contributed by atoms with van der Waals surface area (Å²) >= 11 is 0. The highest BCUT2D eigenvalue weighted by atomic mass is 16.3.